The molecule has 18 heavy (non-hydrogen) atoms. The number of hydrogen-bond acceptors (Lipinski definition) is 0. The quantitative estimate of drug-likeness (QED) is 0.664. The van der Waals surface area contributed by atoms with Crippen molar-refractivity contribution in [1.82, 2.24) is 0 Å². The molecule has 0 saturated heterocycles. The van der Waals surface area contributed by atoms with E-state index in [1.165, 1.54) is 11.6 Å². The van der Waals surface area contributed by atoms with Crippen molar-refractivity contribution < 1.29 is 4.39 Å². The summed E-state index contributed by atoms with van der Waals surface area (Å²) in [5.74, 6) is 5.36. The average molecular weight is 259 g/mol. The summed E-state index contributed by atoms with van der Waals surface area (Å²) in [5.41, 5.74) is 2.50. The lowest BCUT2D eigenvalue weighted by molar-refractivity contribution is 0.624. The van der Waals surface area contributed by atoms with Crippen molar-refractivity contribution >= 4 is 11.6 Å². The molecule has 0 radical (unpaired) electrons. The fourth-order valence-corrected chi connectivity index (χ4v) is 1.71. The molecule has 0 unspecified atom stereocenters. The van der Waals surface area contributed by atoms with Crippen LogP contribution in [0.2, 0.25) is 5.02 Å². The minimum absolute atomic E-state index is 0.360. The Morgan fingerprint density at radius 2 is 1.78 bits per heavy atom. The molecular weight excluding hydrogens is 247 g/mol. The molecule has 2 heteroatoms. The summed E-state index contributed by atoms with van der Waals surface area (Å²) < 4.78 is 13.5. The largest absolute Gasteiger partial charge is 0.206 e. The molecule has 0 N–H and O–H groups in total. The first-order valence-electron chi connectivity index (χ1n) is 5.75. The SMILES string of the molecule is CCc1ccc(C#Cc2ccc(Cl)cc2F)cc1. The molecule has 0 aliphatic carbocycles. The van der Waals surface area contributed by atoms with Crippen LogP contribution in [0, 0.1) is 17.7 Å². The molecule has 0 bridgehead atoms. The second-order valence-electron chi connectivity index (χ2n) is 3.92. The van der Waals surface area contributed by atoms with Gasteiger partial charge in [-0.15, -0.1) is 0 Å². The van der Waals surface area contributed by atoms with E-state index in [0.29, 0.717) is 10.6 Å². The monoisotopic (exact) mass is 258 g/mol. The van der Waals surface area contributed by atoms with Gasteiger partial charge in [-0.3, -0.25) is 0 Å². The van der Waals surface area contributed by atoms with E-state index in [1.54, 1.807) is 12.1 Å². The van der Waals surface area contributed by atoms with Gasteiger partial charge >= 0.3 is 0 Å². The highest BCUT2D eigenvalue weighted by atomic mass is 35.5. The Hall–Kier alpha value is -1.78. The summed E-state index contributed by atoms with van der Waals surface area (Å²) in [7, 11) is 0. The maximum Gasteiger partial charge on any atom is 0.140 e. The smallest absolute Gasteiger partial charge is 0.140 e. The molecule has 0 aliphatic rings. The first kappa shape index (κ1) is 12.7. The van der Waals surface area contributed by atoms with Crippen molar-refractivity contribution in [2.24, 2.45) is 0 Å². The van der Waals surface area contributed by atoms with E-state index in [0.717, 1.165) is 12.0 Å². The van der Waals surface area contributed by atoms with Gasteiger partial charge in [0.05, 0.1) is 5.56 Å². The van der Waals surface area contributed by atoms with E-state index < -0.39 is 0 Å². The van der Waals surface area contributed by atoms with Crippen molar-refractivity contribution in [3.05, 3.63) is 70.0 Å². The van der Waals surface area contributed by atoms with Gasteiger partial charge in [0.2, 0.25) is 0 Å². The molecule has 0 aromatic heterocycles. The van der Waals surface area contributed by atoms with Crippen LogP contribution in [0.3, 0.4) is 0 Å². The van der Waals surface area contributed by atoms with Gasteiger partial charge in [-0.25, -0.2) is 4.39 Å². The molecule has 0 amide bonds. The zero-order valence-corrected chi connectivity index (χ0v) is 10.8. The standard InChI is InChI=1S/C16H12ClF/c1-2-12-3-5-13(6-4-12)7-8-14-9-10-15(17)11-16(14)18/h3-6,9-11H,2H2,1H3. The van der Waals surface area contributed by atoms with Crippen LogP contribution in [0.25, 0.3) is 0 Å². The maximum absolute atomic E-state index is 13.5. The van der Waals surface area contributed by atoms with Crippen LogP contribution in [0.1, 0.15) is 23.6 Å². The topological polar surface area (TPSA) is 0 Å². The summed E-state index contributed by atoms with van der Waals surface area (Å²) in [6.45, 7) is 2.10. The van der Waals surface area contributed by atoms with Crippen LogP contribution in [0.15, 0.2) is 42.5 Å². The molecule has 0 saturated carbocycles. The number of benzene rings is 2. The number of rotatable bonds is 1. The minimum Gasteiger partial charge on any atom is -0.206 e. The van der Waals surface area contributed by atoms with Crippen molar-refractivity contribution in [3.63, 3.8) is 0 Å². The summed E-state index contributed by atoms with van der Waals surface area (Å²) in [6.07, 6.45) is 1.000. The molecule has 0 spiro atoms. The molecule has 0 aliphatic heterocycles. The Balaban J connectivity index is 2.25. The predicted molar refractivity (Wildman–Crippen MR) is 73.2 cm³/mol. The van der Waals surface area contributed by atoms with Crippen molar-refractivity contribution in [2.45, 2.75) is 13.3 Å². The number of aryl methyl sites for hydroxylation is 1. The molecule has 2 aromatic rings. The van der Waals surface area contributed by atoms with Crippen LogP contribution >= 0.6 is 11.6 Å². The Labute approximate surface area is 111 Å². The van der Waals surface area contributed by atoms with Gasteiger partial charge in [-0.2, -0.15) is 0 Å². The van der Waals surface area contributed by atoms with Gasteiger partial charge in [-0.05, 0) is 42.3 Å². The third kappa shape index (κ3) is 3.12. The van der Waals surface area contributed by atoms with E-state index in [-0.39, 0.29) is 5.82 Å². The van der Waals surface area contributed by atoms with Gasteiger partial charge in [0.1, 0.15) is 5.82 Å². The molecule has 0 fully saturated rings. The molecule has 90 valence electrons. The van der Waals surface area contributed by atoms with Crippen LogP contribution in [0.5, 0.6) is 0 Å². The van der Waals surface area contributed by atoms with E-state index in [9.17, 15) is 4.39 Å². The summed E-state index contributed by atoms with van der Waals surface area (Å²) in [4.78, 5) is 0. The zero-order chi connectivity index (χ0) is 13.0. The lowest BCUT2D eigenvalue weighted by atomic mass is 10.1. The lowest BCUT2D eigenvalue weighted by Crippen LogP contribution is -1.83. The Bertz CT molecular complexity index is 603. The Kier molecular flexibility index (Phi) is 4.02. The molecule has 0 heterocycles. The fraction of sp³-hybridized carbons (Fsp3) is 0.125. The minimum atomic E-state index is -0.389. The highest BCUT2D eigenvalue weighted by Gasteiger charge is 1.99. The highest BCUT2D eigenvalue weighted by molar-refractivity contribution is 6.30. The normalized spacial score (nSPS) is 9.72. The second-order valence-corrected chi connectivity index (χ2v) is 4.36. The molecule has 0 atom stereocenters. The number of halogens is 2. The van der Waals surface area contributed by atoms with Crippen LogP contribution < -0.4 is 0 Å². The molecule has 2 aromatic carbocycles. The fourth-order valence-electron chi connectivity index (χ4n) is 1.55. The molecule has 2 rings (SSSR count). The van der Waals surface area contributed by atoms with Crippen molar-refractivity contribution in [1.29, 1.82) is 0 Å². The van der Waals surface area contributed by atoms with Crippen LogP contribution in [-0.4, -0.2) is 0 Å². The van der Waals surface area contributed by atoms with E-state index in [2.05, 4.69) is 18.8 Å². The van der Waals surface area contributed by atoms with Gasteiger partial charge in [-0.1, -0.05) is 42.5 Å². The van der Waals surface area contributed by atoms with Gasteiger partial charge in [0, 0.05) is 10.6 Å². The van der Waals surface area contributed by atoms with Gasteiger partial charge in [0.25, 0.3) is 0 Å². The third-order valence-corrected chi connectivity index (χ3v) is 2.87. The van der Waals surface area contributed by atoms with Crippen LogP contribution in [0.4, 0.5) is 4.39 Å². The van der Waals surface area contributed by atoms with Gasteiger partial charge < -0.3 is 0 Å². The predicted octanol–water partition coefficient (Wildman–Crippen LogP) is 4.44. The zero-order valence-electron chi connectivity index (χ0n) is 10.0. The molecule has 0 nitrogen and oxygen atoms in total. The summed E-state index contributed by atoms with van der Waals surface area (Å²) in [5, 5.41) is 0.380. The lowest BCUT2D eigenvalue weighted by Gasteiger charge is -1.96. The maximum atomic E-state index is 13.5. The summed E-state index contributed by atoms with van der Waals surface area (Å²) in [6, 6.07) is 12.4. The first-order valence-corrected chi connectivity index (χ1v) is 6.13. The summed E-state index contributed by atoms with van der Waals surface area (Å²) >= 11 is 5.68. The third-order valence-electron chi connectivity index (χ3n) is 2.63. The Morgan fingerprint density at radius 1 is 1.06 bits per heavy atom. The Morgan fingerprint density at radius 3 is 2.39 bits per heavy atom. The van der Waals surface area contributed by atoms with Crippen molar-refractivity contribution in [3.8, 4) is 11.8 Å². The van der Waals surface area contributed by atoms with Crippen LogP contribution in [-0.2, 0) is 6.42 Å². The van der Waals surface area contributed by atoms with E-state index in [4.69, 9.17) is 11.6 Å². The van der Waals surface area contributed by atoms with Crippen molar-refractivity contribution in [2.75, 3.05) is 0 Å². The van der Waals surface area contributed by atoms with Gasteiger partial charge in [0.15, 0.2) is 0 Å². The van der Waals surface area contributed by atoms with E-state index in [1.807, 2.05) is 24.3 Å². The first-order chi connectivity index (χ1) is 8.69. The second kappa shape index (κ2) is 5.71. The number of hydrogen-bond donors (Lipinski definition) is 0. The van der Waals surface area contributed by atoms with E-state index >= 15 is 0 Å². The molecular formula is C16H12ClF. The average Bonchev–Trinajstić information content (AvgIpc) is 2.38. The highest BCUT2D eigenvalue weighted by Crippen LogP contribution is 2.13.